The van der Waals surface area contributed by atoms with Gasteiger partial charge >= 0.3 is 0 Å². The van der Waals surface area contributed by atoms with E-state index in [-0.39, 0.29) is 47.3 Å². The first-order valence-electron chi connectivity index (χ1n) is 12.7. The zero-order chi connectivity index (χ0) is 23.6. The van der Waals surface area contributed by atoms with Crippen molar-refractivity contribution in [3.8, 4) is 0 Å². The Hall–Kier alpha value is -0.320. The monoisotopic (exact) mass is 467 g/mol. The summed E-state index contributed by atoms with van der Waals surface area (Å²) in [6.45, 7) is 4.18. The summed E-state index contributed by atoms with van der Waals surface area (Å²) in [4.78, 5) is 2.33. The number of rotatable bonds is 6. The highest BCUT2D eigenvalue weighted by molar-refractivity contribution is 5.41. The maximum atomic E-state index is 12.9. The van der Waals surface area contributed by atoms with Gasteiger partial charge < -0.3 is 34.3 Å². The van der Waals surface area contributed by atoms with E-state index in [2.05, 4.69) is 11.8 Å². The molecule has 1 aliphatic heterocycles. The van der Waals surface area contributed by atoms with Crippen LogP contribution in [0.5, 0.6) is 0 Å². The van der Waals surface area contributed by atoms with Crippen molar-refractivity contribution in [2.45, 2.75) is 74.3 Å². The molecule has 0 aromatic carbocycles. The highest BCUT2D eigenvalue weighted by Gasteiger charge is 2.91. The molecule has 188 valence electrons. The van der Waals surface area contributed by atoms with Crippen LogP contribution in [0.1, 0.15) is 32.6 Å². The van der Waals surface area contributed by atoms with E-state index >= 15 is 0 Å². The Morgan fingerprint density at radius 1 is 1.06 bits per heavy atom. The normalized spacial score (nSPS) is 60.9. The van der Waals surface area contributed by atoms with Crippen molar-refractivity contribution in [2.75, 3.05) is 48.1 Å². The van der Waals surface area contributed by atoms with Crippen molar-refractivity contribution < 1.29 is 34.3 Å². The molecule has 0 amide bonds. The van der Waals surface area contributed by atoms with Crippen molar-refractivity contribution in [1.29, 1.82) is 0 Å². The van der Waals surface area contributed by atoms with E-state index < -0.39 is 28.8 Å². The number of aliphatic hydroxyl groups is 3. The van der Waals surface area contributed by atoms with Gasteiger partial charge in [-0.2, -0.15) is 0 Å². The van der Waals surface area contributed by atoms with E-state index in [0.717, 1.165) is 25.9 Å². The molecule has 0 radical (unpaired) electrons. The number of likely N-dealkylation sites (N-methyl/N-ethyl adjacent to an activating group) is 1. The highest BCUT2D eigenvalue weighted by Crippen LogP contribution is 2.80. The van der Waals surface area contributed by atoms with Gasteiger partial charge in [0, 0.05) is 70.0 Å². The molecule has 0 aromatic rings. The Bertz CT molecular complexity index is 814. The standard InChI is InChI=1S/C25H41NO7/c1-6-26-11-22(12-30-2)8-7-16(27)24-14-9-13-15(31-3)10-23(28,17(14)18(13)32-4)25(29,21(24)26)20(33-5)19(22)24/h13-21,27-29H,6-12H2,1-5H3/t13-,14-,15-,16+,17-,18+,19-,20+,21+,22+,23-,24+,25-/m1/s1. The molecule has 1 heterocycles. The van der Waals surface area contributed by atoms with Crippen LogP contribution in [0.4, 0.5) is 0 Å². The summed E-state index contributed by atoms with van der Waals surface area (Å²) in [5, 5.41) is 37.6. The molecule has 8 nitrogen and oxygen atoms in total. The van der Waals surface area contributed by atoms with Crippen LogP contribution in [0.25, 0.3) is 0 Å². The second-order valence-corrected chi connectivity index (χ2v) is 11.9. The molecule has 5 saturated carbocycles. The molecule has 6 rings (SSSR count). The molecular weight excluding hydrogens is 426 g/mol. The third-order valence-corrected chi connectivity index (χ3v) is 11.5. The molecule has 7 bridgehead atoms. The molecule has 1 saturated heterocycles. The van der Waals surface area contributed by atoms with Gasteiger partial charge in [0.05, 0.1) is 37.1 Å². The third-order valence-electron chi connectivity index (χ3n) is 11.5. The Kier molecular flexibility index (Phi) is 4.99. The molecule has 0 unspecified atom stereocenters. The first-order chi connectivity index (χ1) is 15.8. The van der Waals surface area contributed by atoms with Gasteiger partial charge in [-0.15, -0.1) is 0 Å². The van der Waals surface area contributed by atoms with Crippen LogP contribution < -0.4 is 0 Å². The lowest BCUT2D eigenvalue weighted by Gasteiger charge is -2.69. The van der Waals surface area contributed by atoms with E-state index in [1.807, 2.05) is 0 Å². The number of methoxy groups -OCH3 is 4. The molecule has 13 atom stereocenters. The van der Waals surface area contributed by atoms with Gasteiger partial charge in [0.15, 0.2) is 0 Å². The second-order valence-electron chi connectivity index (χ2n) is 11.9. The van der Waals surface area contributed by atoms with E-state index in [4.69, 9.17) is 18.9 Å². The van der Waals surface area contributed by atoms with Crippen molar-refractivity contribution in [3.63, 3.8) is 0 Å². The molecule has 0 aromatic heterocycles. The Morgan fingerprint density at radius 2 is 1.82 bits per heavy atom. The topological polar surface area (TPSA) is 101 Å². The maximum Gasteiger partial charge on any atom is 0.136 e. The second kappa shape index (κ2) is 7.13. The molecule has 6 aliphatic rings. The summed E-state index contributed by atoms with van der Waals surface area (Å²) in [6, 6.07) is -0.386. The third kappa shape index (κ3) is 2.20. The average Bonchev–Trinajstić information content (AvgIpc) is 3.22. The van der Waals surface area contributed by atoms with Crippen LogP contribution in [0.2, 0.25) is 0 Å². The Labute approximate surface area is 196 Å². The van der Waals surface area contributed by atoms with E-state index in [0.29, 0.717) is 19.4 Å². The predicted octanol–water partition coefficient (Wildman–Crippen LogP) is 0.271. The molecule has 5 aliphatic carbocycles. The lowest BCUT2D eigenvalue weighted by molar-refractivity contribution is -0.318. The molecule has 3 N–H and O–H groups in total. The average molecular weight is 468 g/mol. The Balaban J connectivity index is 1.67. The van der Waals surface area contributed by atoms with Crippen LogP contribution >= 0.6 is 0 Å². The number of nitrogens with zero attached hydrogens (tertiary/aromatic N) is 1. The van der Waals surface area contributed by atoms with Gasteiger partial charge in [-0.3, -0.25) is 4.90 Å². The minimum absolute atomic E-state index is 0.00825. The predicted molar refractivity (Wildman–Crippen MR) is 119 cm³/mol. The number of ether oxygens (including phenoxy) is 4. The van der Waals surface area contributed by atoms with Crippen LogP contribution in [-0.4, -0.2) is 110 Å². The summed E-state index contributed by atoms with van der Waals surface area (Å²) in [6.07, 6.45) is 1.06. The van der Waals surface area contributed by atoms with Gasteiger partial charge in [0.2, 0.25) is 0 Å². The van der Waals surface area contributed by atoms with Crippen molar-refractivity contribution in [3.05, 3.63) is 0 Å². The fourth-order valence-corrected chi connectivity index (χ4v) is 11.0. The molecule has 33 heavy (non-hydrogen) atoms. The SMILES string of the molecule is CCN1C[C@]2(COC)CC[C@H](O)[C@@]34[C@@H]5C[C@H]6[C@H](OC)[C@@H]5[C@](O)(C[C@H]6OC)[C@@](O)([C@@H](OC)[C@H]23)[C@@H]14. The smallest absolute Gasteiger partial charge is 0.136 e. The molecule has 8 heteroatoms. The minimum atomic E-state index is -1.55. The van der Waals surface area contributed by atoms with Gasteiger partial charge in [-0.05, 0) is 31.7 Å². The lowest BCUT2D eigenvalue weighted by Crippen LogP contribution is -2.82. The largest absolute Gasteiger partial charge is 0.392 e. The Morgan fingerprint density at radius 3 is 2.42 bits per heavy atom. The van der Waals surface area contributed by atoms with Crippen molar-refractivity contribution in [2.24, 2.45) is 34.5 Å². The summed E-state index contributed by atoms with van der Waals surface area (Å²) in [7, 11) is 6.79. The maximum absolute atomic E-state index is 12.9. The first kappa shape index (κ1) is 23.1. The van der Waals surface area contributed by atoms with Crippen LogP contribution in [0.3, 0.4) is 0 Å². The lowest BCUT2D eigenvalue weighted by atomic mass is 9.42. The van der Waals surface area contributed by atoms with Crippen LogP contribution in [0.15, 0.2) is 0 Å². The van der Waals surface area contributed by atoms with E-state index in [1.165, 1.54) is 0 Å². The van der Waals surface area contributed by atoms with Crippen molar-refractivity contribution in [1.82, 2.24) is 4.90 Å². The first-order valence-corrected chi connectivity index (χ1v) is 12.7. The number of fused-ring (bicyclic) bond motifs is 2. The molecule has 6 fully saturated rings. The number of hydrogen-bond acceptors (Lipinski definition) is 8. The molecule has 1 spiro atoms. The van der Waals surface area contributed by atoms with Crippen LogP contribution in [-0.2, 0) is 18.9 Å². The number of likely N-dealkylation sites (tertiary alicyclic amines) is 1. The summed E-state index contributed by atoms with van der Waals surface area (Å²) >= 11 is 0. The summed E-state index contributed by atoms with van der Waals surface area (Å²) in [5.41, 5.74) is -3.82. The van der Waals surface area contributed by atoms with Crippen LogP contribution in [0, 0.1) is 34.5 Å². The van der Waals surface area contributed by atoms with Gasteiger partial charge in [-0.25, -0.2) is 0 Å². The summed E-state index contributed by atoms with van der Waals surface area (Å²) < 4.78 is 24.0. The highest BCUT2D eigenvalue weighted by atomic mass is 16.5. The number of aliphatic hydroxyl groups excluding tert-OH is 1. The summed E-state index contributed by atoms with van der Waals surface area (Å²) in [5.74, 6) is -0.231. The van der Waals surface area contributed by atoms with Crippen molar-refractivity contribution >= 4 is 0 Å². The minimum Gasteiger partial charge on any atom is -0.392 e. The quantitative estimate of drug-likeness (QED) is 0.512. The van der Waals surface area contributed by atoms with Gasteiger partial charge in [-0.1, -0.05) is 6.92 Å². The van der Waals surface area contributed by atoms with Gasteiger partial charge in [0.1, 0.15) is 11.2 Å². The van der Waals surface area contributed by atoms with Gasteiger partial charge in [0.25, 0.3) is 0 Å². The number of piperidine rings is 1. The van der Waals surface area contributed by atoms with E-state index in [9.17, 15) is 15.3 Å². The zero-order valence-corrected chi connectivity index (χ0v) is 20.6. The fourth-order valence-electron chi connectivity index (χ4n) is 11.0. The fraction of sp³-hybridized carbons (Fsp3) is 1.00. The van der Waals surface area contributed by atoms with E-state index in [1.54, 1.807) is 28.4 Å². The number of hydrogen-bond donors (Lipinski definition) is 3. The molecular formula is C25H41NO7. The zero-order valence-electron chi connectivity index (χ0n) is 20.6.